The van der Waals surface area contributed by atoms with Gasteiger partial charge in [-0.25, -0.2) is 8.42 Å². The van der Waals surface area contributed by atoms with Crippen LogP contribution in [-0.2, 0) is 14.8 Å². The van der Waals surface area contributed by atoms with Gasteiger partial charge in [-0.1, -0.05) is 26.2 Å². The van der Waals surface area contributed by atoms with Crippen molar-refractivity contribution in [2.45, 2.75) is 56.4 Å². The van der Waals surface area contributed by atoms with Gasteiger partial charge in [0, 0.05) is 31.6 Å². The van der Waals surface area contributed by atoms with E-state index in [-0.39, 0.29) is 35.7 Å². The van der Waals surface area contributed by atoms with Crippen LogP contribution in [0.25, 0.3) is 0 Å². The summed E-state index contributed by atoms with van der Waals surface area (Å²) in [7, 11) is -1.96. The lowest BCUT2D eigenvalue weighted by atomic mass is 9.96. The second-order valence-electron chi connectivity index (χ2n) is 7.25. The second-order valence-corrected chi connectivity index (χ2v) is 9.25. The molecule has 0 saturated heterocycles. The summed E-state index contributed by atoms with van der Waals surface area (Å²) in [6.07, 6.45) is 4.98. The topological polar surface area (TPSA) is 104 Å². The van der Waals surface area contributed by atoms with Crippen molar-refractivity contribution in [2.24, 2.45) is 5.92 Å². The molecule has 0 heterocycles. The van der Waals surface area contributed by atoms with E-state index in [0.717, 1.165) is 32.1 Å². The van der Waals surface area contributed by atoms with Crippen molar-refractivity contribution >= 4 is 21.9 Å². The Kier molecular flexibility index (Phi) is 7.38. The zero-order valence-electron chi connectivity index (χ0n) is 15.8. The predicted molar refractivity (Wildman–Crippen MR) is 102 cm³/mol. The number of benzene rings is 1. The van der Waals surface area contributed by atoms with Crippen LogP contribution in [0.15, 0.2) is 29.2 Å². The van der Waals surface area contributed by atoms with Gasteiger partial charge in [-0.2, -0.15) is 4.31 Å². The summed E-state index contributed by atoms with van der Waals surface area (Å²) >= 11 is 0. The Morgan fingerprint density at radius 2 is 1.78 bits per heavy atom. The summed E-state index contributed by atoms with van der Waals surface area (Å²) < 4.78 is 27.1. The number of hydrogen-bond acceptors (Lipinski definition) is 4. The van der Waals surface area contributed by atoms with Crippen molar-refractivity contribution < 1.29 is 23.1 Å². The molecule has 1 aromatic rings. The molecule has 1 fully saturated rings. The number of nitrogens with one attached hydrogen (secondary N) is 1. The summed E-state index contributed by atoms with van der Waals surface area (Å²) in [5.41, 5.74) is 0.344. The van der Waals surface area contributed by atoms with Crippen molar-refractivity contribution in [3.63, 3.8) is 0 Å². The molecule has 8 heteroatoms. The third-order valence-electron chi connectivity index (χ3n) is 5.02. The fraction of sp³-hybridized carbons (Fsp3) is 0.579. The first kappa shape index (κ1) is 21.4. The lowest BCUT2D eigenvalue weighted by molar-refractivity contribution is -0.137. The summed E-state index contributed by atoms with van der Waals surface area (Å²) in [4.78, 5) is 23.0. The van der Waals surface area contributed by atoms with E-state index in [0.29, 0.717) is 5.56 Å². The minimum Gasteiger partial charge on any atom is -0.481 e. The van der Waals surface area contributed by atoms with Crippen LogP contribution in [0.1, 0.15) is 55.8 Å². The van der Waals surface area contributed by atoms with Gasteiger partial charge >= 0.3 is 5.97 Å². The Morgan fingerprint density at radius 1 is 1.19 bits per heavy atom. The number of amides is 1. The SMILES string of the molecule is CC(CNC(=O)c1ccc(S(=O)(=O)N(C)C2CCCCC2)cc1)CC(=O)O. The highest BCUT2D eigenvalue weighted by atomic mass is 32.2. The lowest BCUT2D eigenvalue weighted by Crippen LogP contribution is -2.38. The fourth-order valence-electron chi connectivity index (χ4n) is 3.32. The average molecular weight is 397 g/mol. The van der Waals surface area contributed by atoms with Crippen molar-refractivity contribution in [2.75, 3.05) is 13.6 Å². The van der Waals surface area contributed by atoms with Crippen LogP contribution in [0, 0.1) is 5.92 Å². The minimum atomic E-state index is -3.58. The maximum Gasteiger partial charge on any atom is 0.303 e. The number of hydrogen-bond donors (Lipinski definition) is 2. The van der Waals surface area contributed by atoms with Crippen molar-refractivity contribution in [1.82, 2.24) is 9.62 Å². The summed E-state index contributed by atoms with van der Waals surface area (Å²) in [6.45, 7) is 1.99. The van der Waals surface area contributed by atoms with E-state index in [4.69, 9.17) is 5.11 Å². The minimum absolute atomic E-state index is 0.0229. The molecule has 1 amide bonds. The molecule has 0 aromatic heterocycles. The smallest absolute Gasteiger partial charge is 0.303 e. The molecule has 1 atom stereocenters. The van der Waals surface area contributed by atoms with Crippen LogP contribution in [0.3, 0.4) is 0 Å². The Labute approximate surface area is 160 Å². The number of aliphatic carboxylic acids is 1. The third kappa shape index (κ3) is 5.77. The van der Waals surface area contributed by atoms with Gasteiger partial charge in [0.2, 0.25) is 10.0 Å². The predicted octanol–water partition coefficient (Wildman–Crippen LogP) is 2.48. The van der Waals surface area contributed by atoms with Crippen LogP contribution in [0.2, 0.25) is 0 Å². The van der Waals surface area contributed by atoms with Crippen LogP contribution in [0.4, 0.5) is 0 Å². The van der Waals surface area contributed by atoms with Crippen molar-refractivity contribution in [1.29, 1.82) is 0 Å². The highest BCUT2D eigenvalue weighted by molar-refractivity contribution is 7.89. The maximum absolute atomic E-state index is 12.8. The molecular weight excluding hydrogens is 368 g/mol. The first-order valence-electron chi connectivity index (χ1n) is 9.30. The molecule has 150 valence electrons. The highest BCUT2D eigenvalue weighted by Crippen LogP contribution is 2.26. The molecule has 1 aliphatic rings. The zero-order chi connectivity index (χ0) is 20.0. The number of sulfonamides is 1. The van der Waals surface area contributed by atoms with E-state index >= 15 is 0 Å². The van der Waals surface area contributed by atoms with Crippen LogP contribution in [-0.4, -0.2) is 49.3 Å². The van der Waals surface area contributed by atoms with Crippen LogP contribution < -0.4 is 5.32 Å². The molecular formula is C19H28N2O5S. The molecule has 0 spiro atoms. The van der Waals surface area contributed by atoms with E-state index in [1.165, 1.54) is 28.6 Å². The summed E-state index contributed by atoms with van der Waals surface area (Å²) in [5, 5.41) is 11.4. The summed E-state index contributed by atoms with van der Waals surface area (Å²) in [6, 6.07) is 5.90. The van der Waals surface area contributed by atoms with Crippen molar-refractivity contribution in [3.05, 3.63) is 29.8 Å². The van der Waals surface area contributed by atoms with Gasteiger partial charge in [0.15, 0.2) is 0 Å². The quantitative estimate of drug-likeness (QED) is 0.702. The van der Waals surface area contributed by atoms with Gasteiger partial charge in [-0.3, -0.25) is 9.59 Å². The molecule has 2 N–H and O–H groups in total. The molecule has 1 aromatic carbocycles. The van der Waals surface area contributed by atoms with Gasteiger partial charge < -0.3 is 10.4 Å². The number of carbonyl (C=O) groups excluding carboxylic acids is 1. The van der Waals surface area contributed by atoms with Gasteiger partial charge in [0.25, 0.3) is 5.91 Å². The number of rotatable bonds is 8. The second kappa shape index (κ2) is 9.32. The molecule has 7 nitrogen and oxygen atoms in total. The van der Waals surface area contributed by atoms with E-state index in [9.17, 15) is 18.0 Å². The Bertz CT molecular complexity index is 755. The largest absolute Gasteiger partial charge is 0.481 e. The number of carbonyl (C=O) groups is 2. The number of carboxylic acids is 1. The molecule has 1 unspecified atom stereocenters. The molecule has 0 aliphatic heterocycles. The molecule has 1 aliphatic carbocycles. The Hall–Kier alpha value is -1.93. The van der Waals surface area contributed by atoms with E-state index < -0.39 is 16.0 Å². The molecule has 2 rings (SSSR count). The standard InChI is InChI=1S/C19H28N2O5S/c1-14(12-18(22)23)13-20-19(24)15-8-10-17(11-9-15)27(25,26)21(2)16-6-4-3-5-7-16/h8-11,14,16H,3-7,12-13H2,1-2H3,(H,20,24)(H,22,23). The normalized spacial score (nSPS) is 16.9. The van der Waals surface area contributed by atoms with Gasteiger partial charge in [-0.15, -0.1) is 0 Å². The zero-order valence-corrected chi connectivity index (χ0v) is 16.7. The average Bonchev–Trinajstić information content (AvgIpc) is 2.65. The van der Waals surface area contributed by atoms with Gasteiger partial charge in [0.05, 0.1) is 4.90 Å². The van der Waals surface area contributed by atoms with Crippen molar-refractivity contribution in [3.8, 4) is 0 Å². The highest BCUT2D eigenvalue weighted by Gasteiger charge is 2.29. The van der Waals surface area contributed by atoms with Gasteiger partial charge in [-0.05, 0) is 43.0 Å². The molecule has 0 radical (unpaired) electrons. The first-order valence-corrected chi connectivity index (χ1v) is 10.7. The molecule has 0 bridgehead atoms. The van der Waals surface area contributed by atoms with E-state index in [1.807, 2.05) is 0 Å². The third-order valence-corrected chi connectivity index (χ3v) is 6.94. The lowest BCUT2D eigenvalue weighted by Gasteiger charge is -2.30. The Morgan fingerprint density at radius 3 is 2.33 bits per heavy atom. The first-order chi connectivity index (χ1) is 12.7. The Balaban J connectivity index is 2.00. The number of nitrogens with zero attached hydrogens (tertiary/aromatic N) is 1. The van der Waals surface area contributed by atoms with E-state index in [1.54, 1.807) is 14.0 Å². The molecule has 1 saturated carbocycles. The molecule has 27 heavy (non-hydrogen) atoms. The number of carboxylic acid groups (broad SMARTS) is 1. The van der Waals surface area contributed by atoms with Gasteiger partial charge in [0.1, 0.15) is 0 Å². The maximum atomic E-state index is 12.8. The van der Waals surface area contributed by atoms with E-state index in [2.05, 4.69) is 5.32 Å². The summed E-state index contributed by atoms with van der Waals surface area (Å²) in [5.74, 6) is -1.44. The van der Waals surface area contributed by atoms with Crippen LogP contribution >= 0.6 is 0 Å². The fourth-order valence-corrected chi connectivity index (χ4v) is 4.74. The van der Waals surface area contributed by atoms with Crippen LogP contribution in [0.5, 0.6) is 0 Å². The monoisotopic (exact) mass is 396 g/mol.